The van der Waals surface area contributed by atoms with Gasteiger partial charge in [0.25, 0.3) is 0 Å². The van der Waals surface area contributed by atoms with Crippen LogP contribution in [0.25, 0.3) is 16.8 Å². The fraction of sp³-hybridized carbons (Fsp3) is 0.0952. The molecule has 25 heavy (non-hydrogen) atoms. The maximum atomic E-state index is 12.1. The third-order valence-electron chi connectivity index (χ3n) is 3.85. The third-order valence-corrected chi connectivity index (χ3v) is 3.85. The number of amides is 1. The second kappa shape index (κ2) is 7.53. The quantitative estimate of drug-likeness (QED) is 0.699. The lowest BCUT2D eigenvalue weighted by Gasteiger charge is -2.07. The molecule has 1 amide bonds. The molecule has 0 aliphatic carbocycles. The highest BCUT2D eigenvalue weighted by molar-refractivity contribution is 6.03. The Morgan fingerprint density at radius 2 is 1.64 bits per heavy atom. The van der Waals surface area contributed by atoms with Gasteiger partial charge >= 0.3 is 0 Å². The van der Waals surface area contributed by atoms with Crippen molar-refractivity contribution in [3.05, 3.63) is 72.3 Å². The van der Waals surface area contributed by atoms with E-state index in [4.69, 9.17) is 9.47 Å². The van der Waals surface area contributed by atoms with Crippen molar-refractivity contribution in [2.75, 3.05) is 19.5 Å². The van der Waals surface area contributed by atoms with Gasteiger partial charge in [-0.1, -0.05) is 36.4 Å². The van der Waals surface area contributed by atoms with E-state index in [1.54, 1.807) is 26.4 Å². The summed E-state index contributed by atoms with van der Waals surface area (Å²) in [6.45, 7) is 0. The predicted octanol–water partition coefficient (Wildman–Crippen LogP) is 4.51. The summed E-state index contributed by atoms with van der Waals surface area (Å²) in [5.41, 5.74) is 1.62. The molecule has 4 nitrogen and oxygen atoms in total. The second-order valence-electron chi connectivity index (χ2n) is 5.50. The molecule has 0 radical (unpaired) electrons. The monoisotopic (exact) mass is 333 g/mol. The first-order valence-corrected chi connectivity index (χ1v) is 7.89. The summed E-state index contributed by atoms with van der Waals surface area (Å²) in [5, 5.41) is 5.10. The zero-order valence-corrected chi connectivity index (χ0v) is 14.2. The topological polar surface area (TPSA) is 47.6 Å². The molecular weight excluding hydrogens is 314 g/mol. The van der Waals surface area contributed by atoms with E-state index >= 15 is 0 Å². The molecule has 0 spiro atoms. The molecule has 3 aromatic rings. The van der Waals surface area contributed by atoms with E-state index in [-0.39, 0.29) is 5.91 Å². The van der Waals surface area contributed by atoms with Crippen LogP contribution in [-0.4, -0.2) is 20.1 Å². The average Bonchev–Trinajstić information content (AvgIpc) is 2.66. The standard InChI is InChI=1S/C21H19NO3/c1-24-19-11-7-15(13-20(19)25-2)8-12-21(23)22-18-10-9-16-5-3-4-6-17(16)14-18/h3-14H,1-2H3,(H,22,23). The highest BCUT2D eigenvalue weighted by Gasteiger charge is 2.04. The average molecular weight is 333 g/mol. The number of rotatable bonds is 5. The van der Waals surface area contributed by atoms with Crippen LogP contribution in [0.3, 0.4) is 0 Å². The Hall–Kier alpha value is -3.27. The molecule has 0 saturated heterocycles. The van der Waals surface area contributed by atoms with Gasteiger partial charge in [-0.15, -0.1) is 0 Å². The molecule has 0 fully saturated rings. The number of benzene rings is 3. The van der Waals surface area contributed by atoms with Crippen LogP contribution in [-0.2, 0) is 4.79 Å². The summed E-state index contributed by atoms with van der Waals surface area (Å²) < 4.78 is 10.5. The molecule has 0 aliphatic heterocycles. The van der Waals surface area contributed by atoms with Gasteiger partial charge in [0.2, 0.25) is 5.91 Å². The maximum absolute atomic E-state index is 12.1. The zero-order valence-electron chi connectivity index (χ0n) is 14.2. The molecule has 1 N–H and O–H groups in total. The van der Waals surface area contributed by atoms with Gasteiger partial charge in [-0.3, -0.25) is 4.79 Å². The number of fused-ring (bicyclic) bond motifs is 1. The molecule has 0 bridgehead atoms. The molecule has 3 rings (SSSR count). The van der Waals surface area contributed by atoms with Crippen molar-refractivity contribution in [2.24, 2.45) is 0 Å². The lowest BCUT2D eigenvalue weighted by molar-refractivity contribution is -0.111. The van der Waals surface area contributed by atoms with Crippen molar-refractivity contribution in [2.45, 2.75) is 0 Å². The summed E-state index contributed by atoms with van der Waals surface area (Å²) in [6, 6.07) is 19.4. The van der Waals surface area contributed by atoms with Crippen molar-refractivity contribution >= 4 is 28.4 Å². The van der Waals surface area contributed by atoms with Crippen molar-refractivity contribution < 1.29 is 14.3 Å². The molecule has 4 heteroatoms. The molecule has 0 unspecified atom stereocenters. The Labute approximate surface area is 146 Å². The molecule has 0 aromatic heterocycles. The van der Waals surface area contributed by atoms with Crippen LogP contribution in [0.5, 0.6) is 11.5 Å². The van der Waals surface area contributed by atoms with Gasteiger partial charge < -0.3 is 14.8 Å². The Balaban J connectivity index is 1.71. The van der Waals surface area contributed by atoms with Crippen LogP contribution in [0.1, 0.15) is 5.56 Å². The van der Waals surface area contributed by atoms with E-state index in [1.165, 1.54) is 6.08 Å². The van der Waals surface area contributed by atoms with Crippen LogP contribution >= 0.6 is 0 Å². The summed E-state index contributed by atoms with van der Waals surface area (Å²) >= 11 is 0. The second-order valence-corrected chi connectivity index (χ2v) is 5.50. The van der Waals surface area contributed by atoms with E-state index in [1.807, 2.05) is 54.6 Å². The summed E-state index contributed by atoms with van der Waals surface area (Å²) in [5.74, 6) is 1.09. The van der Waals surface area contributed by atoms with E-state index in [2.05, 4.69) is 5.32 Å². The lowest BCUT2D eigenvalue weighted by atomic mass is 10.1. The van der Waals surface area contributed by atoms with Gasteiger partial charge in [0.1, 0.15) is 0 Å². The number of hydrogen-bond acceptors (Lipinski definition) is 3. The first kappa shape index (κ1) is 16.6. The van der Waals surface area contributed by atoms with E-state index in [0.717, 1.165) is 22.0 Å². The Bertz CT molecular complexity index is 931. The Kier molecular flexibility index (Phi) is 5.00. The summed E-state index contributed by atoms with van der Waals surface area (Å²) in [7, 11) is 3.17. The largest absolute Gasteiger partial charge is 0.493 e. The van der Waals surface area contributed by atoms with Crippen molar-refractivity contribution in [1.82, 2.24) is 0 Å². The molecule has 3 aromatic carbocycles. The normalized spacial score (nSPS) is 10.8. The van der Waals surface area contributed by atoms with Crippen LogP contribution in [0.2, 0.25) is 0 Å². The lowest BCUT2D eigenvalue weighted by Crippen LogP contribution is -2.07. The third kappa shape index (κ3) is 3.98. The SMILES string of the molecule is COc1ccc(C=CC(=O)Nc2ccc3ccccc3c2)cc1OC. The first-order chi connectivity index (χ1) is 12.2. The number of carbonyl (C=O) groups is 1. The van der Waals surface area contributed by atoms with Gasteiger partial charge in [-0.2, -0.15) is 0 Å². The fourth-order valence-electron chi connectivity index (χ4n) is 2.58. The number of methoxy groups -OCH3 is 2. The number of carbonyl (C=O) groups excluding carboxylic acids is 1. The van der Waals surface area contributed by atoms with Gasteiger partial charge in [-0.25, -0.2) is 0 Å². The van der Waals surface area contributed by atoms with Crippen LogP contribution in [0.15, 0.2) is 66.7 Å². The predicted molar refractivity (Wildman–Crippen MR) is 101 cm³/mol. The summed E-state index contributed by atoms with van der Waals surface area (Å²) in [4.78, 5) is 12.1. The van der Waals surface area contributed by atoms with Crippen LogP contribution in [0, 0.1) is 0 Å². The minimum Gasteiger partial charge on any atom is -0.493 e. The molecular formula is C21H19NO3. The molecule has 0 atom stereocenters. The highest BCUT2D eigenvalue weighted by atomic mass is 16.5. The zero-order chi connectivity index (χ0) is 17.6. The highest BCUT2D eigenvalue weighted by Crippen LogP contribution is 2.28. The first-order valence-electron chi connectivity index (χ1n) is 7.89. The van der Waals surface area contributed by atoms with E-state index in [0.29, 0.717) is 11.5 Å². The molecule has 126 valence electrons. The van der Waals surface area contributed by atoms with Gasteiger partial charge in [0.15, 0.2) is 11.5 Å². The minimum atomic E-state index is -0.190. The van der Waals surface area contributed by atoms with Gasteiger partial charge in [0, 0.05) is 11.8 Å². The van der Waals surface area contributed by atoms with Crippen molar-refractivity contribution in [3.8, 4) is 11.5 Å². The number of anilines is 1. The smallest absolute Gasteiger partial charge is 0.248 e. The van der Waals surface area contributed by atoms with Crippen molar-refractivity contribution in [3.63, 3.8) is 0 Å². The van der Waals surface area contributed by atoms with E-state index < -0.39 is 0 Å². The molecule has 0 saturated carbocycles. The Morgan fingerprint density at radius 3 is 2.40 bits per heavy atom. The van der Waals surface area contributed by atoms with Gasteiger partial charge in [-0.05, 0) is 46.7 Å². The van der Waals surface area contributed by atoms with E-state index in [9.17, 15) is 4.79 Å². The molecule has 0 heterocycles. The van der Waals surface area contributed by atoms with Crippen molar-refractivity contribution in [1.29, 1.82) is 0 Å². The van der Waals surface area contributed by atoms with Gasteiger partial charge in [0.05, 0.1) is 14.2 Å². The van der Waals surface area contributed by atoms with Crippen LogP contribution in [0.4, 0.5) is 5.69 Å². The Morgan fingerprint density at radius 1 is 0.880 bits per heavy atom. The summed E-state index contributed by atoms with van der Waals surface area (Å²) in [6.07, 6.45) is 3.23. The maximum Gasteiger partial charge on any atom is 0.248 e. The number of hydrogen-bond donors (Lipinski definition) is 1. The molecule has 0 aliphatic rings. The fourth-order valence-corrected chi connectivity index (χ4v) is 2.58. The minimum absolute atomic E-state index is 0.190. The number of ether oxygens (including phenoxy) is 2. The number of nitrogens with one attached hydrogen (secondary N) is 1. The van der Waals surface area contributed by atoms with Crippen LogP contribution < -0.4 is 14.8 Å².